The average Bonchev–Trinajstić information content (AvgIpc) is 2.57. The topological polar surface area (TPSA) is 46.8 Å². The predicted octanol–water partition coefficient (Wildman–Crippen LogP) is 2.84. The molecule has 1 amide bonds. The number of fused-ring (bicyclic) bond motifs is 1. The van der Waals surface area contributed by atoms with E-state index in [2.05, 4.69) is 5.10 Å². The van der Waals surface area contributed by atoms with Gasteiger partial charge in [0.25, 0.3) is 5.91 Å². The van der Waals surface area contributed by atoms with Gasteiger partial charge in [-0.05, 0) is 35.7 Å². The van der Waals surface area contributed by atoms with Gasteiger partial charge in [0.2, 0.25) is 0 Å². The van der Waals surface area contributed by atoms with Crippen molar-refractivity contribution < 1.29 is 9.63 Å². The van der Waals surface area contributed by atoms with Crippen LogP contribution in [0, 0.1) is 0 Å². The quantitative estimate of drug-likeness (QED) is 0.699. The molecule has 1 aromatic heterocycles. The lowest BCUT2D eigenvalue weighted by Crippen LogP contribution is -2.32. The Morgan fingerprint density at radius 1 is 1.00 bits per heavy atom. The SMILES string of the molecule is CC(=O)N(N=c1ccc2ccccc2n1C)Oc1ccccc1. The number of hydrogen-bond donors (Lipinski definition) is 0. The third-order valence-corrected chi connectivity index (χ3v) is 3.45. The summed E-state index contributed by atoms with van der Waals surface area (Å²) in [5.41, 5.74) is 1.65. The number of para-hydroxylation sites is 2. The highest BCUT2D eigenvalue weighted by Gasteiger charge is 2.10. The molecule has 0 bridgehead atoms. The van der Waals surface area contributed by atoms with Gasteiger partial charge in [-0.15, -0.1) is 5.10 Å². The minimum atomic E-state index is -0.304. The van der Waals surface area contributed by atoms with Crippen molar-refractivity contribution in [3.05, 3.63) is 72.2 Å². The molecule has 0 aliphatic heterocycles. The molecule has 0 saturated heterocycles. The number of amides is 1. The van der Waals surface area contributed by atoms with Gasteiger partial charge in [0.15, 0.2) is 11.2 Å². The number of pyridine rings is 1. The highest BCUT2D eigenvalue weighted by molar-refractivity contribution is 5.78. The van der Waals surface area contributed by atoms with E-state index in [1.165, 1.54) is 6.92 Å². The number of carbonyl (C=O) groups is 1. The average molecular weight is 307 g/mol. The van der Waals surface area contributed by atoms with Crippen LogP contribution in [0.4, 0.5) is 0 Å². The van der Waals surface area contributed by atoms with Crippen LogP contribution in [0.1, 0.15) is 6.92 Å². The van der Waals surface area contributed by atoms with E-state index in [4.69, 9.17) is 4.84 Å². The second-order valence-corrected chi connectivity index (χ2v) is 5.11. The fourth-order valence-corrected chi connectivity index (χ4v) is 2.26. The molecule has 0 atom stereocenters. The number of carbonyl (C=O) groups excluding carboxylic acids is 1. The van der Waals surface area contributed by atoms with E-state index in [1.54, 1.807) is 12.1 Å². The van der Waals surface area contributed by atoms with Crippen LogP contribution >= 0.6 is 0 Å². The summed E-state index contributed by atoms with van der Waals surface area (Å²) in [6.45, 7) is 1.41. The van der Waals surface area contributed by atoms with Crippen LogP contribution in [0.2, 0.25) is 0 Å². The Kier molecular flexibility index (Phi) is 4.10. The Hall–Kier alpha value is -3.08. The van der Waals surface area contributed by atoms with Crippen molar-refractivity contribution in [1.29, 1.82) is 0 Å². The van der Waals surface area contributed by atoms with Crippen molar-refractivity contribution in [3.63, 3.8) is 0 Å². The Bertz CT molecular complexity index is 901. The van der Waals surface area contributed by atoms with Gasteiger partial charge in [-0.3, -0.25) is 4.79 Å². The summed E-state index contributed by atoms with van der Waals surface area (Å²) in [4.78, 5) is 17.4. The van der Waals surface area contributed by atoms with Crippen LogP contribution in [0.15, 0.2) is 71.8 Å². The van der Waals surface area contributed by atoms with E-state index in [0.717, 1.165) is 16.1 Å². The lowest BCUT2D eigenvalue weighted by atomic mass is 10.2. The molecule has 2 aromatic carbocycles. The first kappa shape index (κ1) is 14.8. The Morgan fingerprint density at radius 2 is 1.70 bits per heavy atom. The van der Waals surface area contributed by atoms with E-state index < -0.39 is 0 Å². The number of rotatable bonds is 3. The van der Waals surface area contributed by atoms with Crippen molar-refractivity contribution in [2.75, 3.05) is 0 Å². The summed E-state index contributed by atoms with van der Waals surface area (Å²) >= 11 is 0. The highest BCUT2D eigenvalue weighted by Crippen LogP contribution is 2.12. The second kappa shape index (κ2) is 6.36. The molecule has 0 aliphatic rings. The molecule has 3 rings (SSSR count). The van der Waals surface area contributed by atoms with Crippen LogP contribution in [0.5, 0.6) is 5.75 Å². The van der Waals surface area contributed by atoms with Crippen molar-refractivity contribution in [2.24, 2.45) is 12.1 Å². The molecule has 116 valence electrons. The third-order valence-electron chi connectivity index (χ3n) is 3.45. The fraction of sp³-hybridized carbons (Fsp3) is 0.111. The fourth-order valence-electron chi connectivity index (χ4n) is 2.26. The van der Waals surface area contributed by atoms with Crippen molar-refractivity contribution in [3.8, 4) is 5.75 Å². The zero-order valence-electron chi connectivity index (χ0n) is 13.0. The summed E-state index contributed by atoms with van der Waals surface area (Å²) in [6, 6.07) is 20.9. The van der Waals surface area contributed by atoms with Crippen molar-refractivity contribution >= 4 is 16.8 Å². The summed E-state index contributed by atoms with van der Waals surface area (Å²) in [5, 5.41) is 6.43. The van der Waals surface area contributed by atoms with Crippen LogP contribution in [-0.4, -0.2) is 15.6 Å². The van der Waals surface area contributed by atoms with E-state index in [1.807, 2.05) is 66.2 Å². The molecule has 0 radical (unpaired) electrons. The van der Waals surface area contributed by atoms with E-state index >= 15 is 0 Å². The van der Waals surface area contributed by atoms with Crippen molar-refractivity contribution in [2.45, 2.75) is 6.92 Å². The van der Waals surface area contributed by atoms with Crippen LogP contribution < -0.4 is 10.3 Å². The summed E-state index contributed by atoms with van der Waals surface area (Å²) in [7, 11) is 1.90. The number of benzene rings is 2. The summed E-state index contributed by atoms with van der Waals surface area (Å²) in [6.07, 6.45) is 0. The second-order valence-electron chi connectivity index (χ2n) is 5.11. The minimum Gasteiger partial charge on any atom is -0.355 e. The number of nitrogens with zero attached hydrogens (tertiary/aromatic N) is 3. The number of hydroxylamine groups is 1. The normalized spacial score (nSPS) is 11.5. The maximum absolute atomic E-state index is 11.8. The third kappa shape index (κ3) is 3.23. The first-order valence-corrected chi connectivity index (χ1v) is 7.28. The van der Waals surface area contributed by atoms with Gasteiger partial charge in [-0.2, -0.15) is 0 Å². The highest BCUT2D eigenvalue weighted by atomic mass is 16.7. The molecular formula is C18H17N3O2. The van der Waals surface area contributed by atoms with Crippen LogP contribution in [-0.2, 0) is 11.8 Å². The molecule has 3 aromatic rings. The molecule has 0 fully saturated rings. The van der Waals surface area contributed by atoms with Gasteiger partial charge >= 0.3 is 0 Å². The van der Waals surface area contributed by atoms with E-state index in [-0.39, 0.29) is 5.91 Å². The maximum Gasteiger partial charge on any atom is 0.277 e. The van der Waals surface area contributed by atoms with E-state index in [9.17, 15) is 4.79 Å². The molecule has 0 spiro atoms. The Labute approximate surface area is 134 Å². The molecule has 0 aliphatic carbocycles. The largest absolute Gasteiger partial charge is 0.355 e. The van der Waals surface area contributed by atoms with Crippen molar-refractivity contribution in [1.82, 2.24) is 9.74 Å². The minimum absolute atomic E-state index is 0.304. The van der Waals surface area contributed by atoms with Gasteiger partial charge in [0.05, 0.1) is 0 Å². The molecule has 0 unspecified atom stereocenters. The number of aryl methyl sites for hydroxylation is 1. The van der Waals surface area contributed by atoms with Gasteiger partial charge in [-0.25, -0.2) is 0 Å². The molecule has 1 heterocycles. The molecule has 0 saturated carbocycles. The maximum atomic E-state index is 11.8. The van der Waals surface area contributed by atoms with Gasteiger partial charge in [-0.1, -0.05) is 41.6 Å². The van der Waals surface area contributed by atoms with Crippen LogP contribution in [0.25, 0.3) is 10.9 Å². The van der Waals surface area contributed by atoms with Gasteiger partial charge in [0, 0.05) is 19.5 Å². The van der Waals surface area contributed by atoms with Gasteiger partial charge < -0.3 is 9.40 Å². The smallest absolute Gasteiger partial charge is 0.277 e. The molecule has 5 nitrogen and oxygen atoms in total. The molecule has 23 heavy (non-hydrogen) atoms. The lowest BCUT2D eigenvalue weighted by Gasteiger charge is -2.15. The lowest BCUT2D eigenvalue weighted by molar-refractivity contribution is -0.155. The van der Waals surface area contributed by atoms with Gasteiger partial charge in [0.1, 0.15) is 0 Å². The Balaban J connectivity index is 2.03. The molecule has 5 heteroatoms. The van der Waals surface area contributed by atoms with Crippen LogP contribution in [0.3, 0.4) is 0 Å². The predicted molar refractivity (Wildman–Crippen MR) is 88.1 cm³/mol. The summed E-state index contributed by atoms with van der Waals surface area (Å²) < 4.78 is 1.92. The number of hydrogen-bond acceptors (Lipinski definition) is 3. The summed E-state index contributed by atoms with van der Waals surface area (Å²) in [5.74, 6) is 0.247. The molecular weight excluding hydrogens is 290 g/mol. The Morgan fingerprint density at radius 3 is 2.43 bits per heavy atom. The zero-order valence-corrected chi connectivity index (χ0v) is 13.0. The van der Waals surface area contributed by atoms with E-state index in [0.29, 0.717) is 11.2 Å². The first-order chi connectivity index (χ1) is 11.1. The number of aromatic nitrogens is 1. The molecule has 0 N–H and O–H groups in total. The monoisotopic (exact) mass is 307 g/mol. The zero-order chi connectivity index (χ0) is 16.2. The first-order valence-electron chi connectivity index (χ1n) is 7.28. The standard InChI is InChI=1S/C18H17N3O2/c1-14(22)21(23-16-9-4-3-5-10-16)19-18-13-12-15-8-6-7-11-17(15)20(18)2/h3-13H,1-2H3.